The highest BCUT2D eigenvalue weighted by molar-refractivity contribution is 7.13. The zero-order chi connectivity index (χ0) is 17.3. The Hall–Kier alpha value is -1.73. The number of carbonyl (C=O) groups excluding carboxylic acids is 1. The molecule has 1 amide bonds. The minimum absolute atomic E-state index is 0.00959. The fourth-order valence-corrected chi connectivity index (χ4v) is 3.87. The molecule has 0 saturated carbocycles. The number of anilines is 1. The molecule has 0 spiro atoms. The van der Waals surface area contributed by atoms with Gasteiger partial charge in [-0.05, 0) is 26.3 Å². The summed E-state index contributed by atoms with van der Waals surface area (Å²) in [7, 11) is 0. The van der Waals surface area contributed by atoms with Crippen LogP contribution in [0.2, 0.25) is 0 Å². The molecule has 0 unspecified atom stereocenters. The van der Waals surface area contributed by atoms with Crippen molar-refractivity contribution in [1.82, 2.24) is 15.0 Å². The van der Waals surface area contributed by atoms with Crippen LogP contribution in [0.5, 0.6) is 0 Å². The summed E-state index contributed by atoms with van der Waals surface area (Å²) in [5.74, 6) is 0.774. The van der Waals surface area contributed by atoms with E-state index in [4.69, 9.17) is 4.52 Å². The number of thiazole rings is 1. The molecule has 0 aliphatic carbocycles. The summed E-state index contributed by atoms with van der Waals surface area (Å²) >= 11 is 1.47. The van der Waals surface area contributed by atoms with Gasteiger partial charge in [-0.15, -0.1) is 11.3 Å². The minimum atomic E-state index is -0.0306. The lowest BCUT2D eigenvalue weighted by Crippen LogP contribution is -2.33. The van der Waals surface area contributed by atoms with Crippen LogP contribution in [0.1, 0.15) is 56.8 Å². The number of aromatic nitrogens is 2. The Kier molecular flexibility index (Phi) is 4.73. The van der Waals surface area contributed by atoms with E-state index in [1.165, 1.54) is 11.3 Å². The zero-order valence-electron chi connectivity index (χ0n) is 14.6. The molecule has 24 heavy (non-hydrogen) atoms. The quantitative estimate of drug-likeness (QED) is 0.915. The number of hydrogen-bond donors (Lipinski definition) is 1. The Morgan fingerprint density at radius 1 is 1.50 bits per heavy atom. The second-order valence-corrected chi connectivity index (χ2v) is 8.19. The number of nitrogens with one attached hydrogen (secondary N) is 1. The highest BCUT2D eigenvalue weighted by atomic mass is 32.1. The monoisotopic (exact) mass is 348 g/mol. The maximum absolute atomic E-state index is 12.4. The van der Waals surface area contributed by atoms with Gasteiger partial charge in [0.05, 0.1) is 18.3 Å². The second kappa shape index (κ2) is 6.64. The SMILES string of the molecule is Cc1cc([C@@H]2CCCN2CC(=O)Nc2nc(C(C)(C)C)cs2)no1. The van der Waals surface area contributed by atoms with Crippen LogP contribution in [-0.4, -0.2) is 34.0 Å². The first-order valence-corrected chi connectivity index (χ1v) is 9.14. The van der Waals surface area contributed by atoms with Gasteiger partial charge in [0.2, 0.25) is 5.91 Å². The van der Waals surface area contributed by atoms with E-state index in [0.717, 1.165) is 36.5 Å². The van der Waals surface area contributed by atoms with E-state index in [1.54, 1.807) is 0 Å². The Balaban J connectivity index is 1.61. The molecule has 1 saturated heterocycles. The van der Waals surface area contributed by atoms with Gasteiger partial charge in [-0.2, -0.15) is 0 Å². The smallest absolute Gasteiger partial charge is 0.240 e. The van der Waals surface area contributed by atoms with Crippen LogP contribution in [-0.2, 0) is 10.2 Å². The van der Waals surface area contributed by atoms with Crippen molar-refractivity contribution in [3.63, 3.8) is 0 Å². The van der Waals surface area contributed by atoms with Crippen molar-refractivity contribution in [3.8, 4) is 0 Å². The third-order valence-electron chi connectivity index (χ3n) is 4.22. The van der Waals surface area contributed by atoms with Crippen molar-refractivity contribution in [1.29, 1.82) is 0 Å². The molecule has 3 rings (SSSR count). The molecule has 0 bridgehead atoms. The van der Waals surface area contributed by atoms with Gasteiger partial charge in [0.25, 0.3) is 0 Å². The molecule has 1 N–H and O–H groups in total. The Bertz CT molecular complexity index is 716. The number of likely N-dealkylation sites (tertiary alicyclic amines) is 1. The standard InChI is InChI=1S/C17H24N4O2S/c1-11-8-12(20-23-11)13-6-5-7-21(13)9-15(22)19-16-18-14(10-24-16)17(2,3)4/h8,10,13H,5-7,9H2,1-4H3,(H,18,19,22)/t13-/m0/s1. The van der Waals surface area contributed by atoms with Crippen LogP contribution in [0.15, 0.2) is 16.0 Å². The molecular formula is C17H24N4O2S. The number of nitrogens with zero attached hydrogens (tertiary/aromatic N) is 3. The summed E-state index contributed by atoms with van der Waals surface area (Å²) in [5, 5.41) is 9.70. The van der Waals surface area contributed by atoms with Crippen molar-refractivity contribution < 1.29 is 9.32 Å². The highest BCUT2D eigenvalue weighted by Gasteiger charge is 2.30. The lowest BCUT2D eigenvalue weighted by Gasteiger charge is -2.21. The maximum atomic E-state index is 12.4. The van der Waals surface area contributed by atoms with Gasteiger partial charge in [0, 0.05) is 16.9 Å². The molecule has 2 aromatic rings. The second-order valence-electron chi connectivity index (χ2n) is 7.33. The number of hydrogen-bond acceptors (Lipinski definition) is 6. The summed E-state index contributed by atoms with van der Waals surface area (Å²) in [6.07, 6.45) is 2.07. The Morgan fingerprint density at radius 2 is 2.29 bits per heavy atom. The number of rotatable bonds is 4. The summed E-state index contributed by atoms with van der Waals surface area (Å²) in [6.45, 7) is 9.47. The predicted octanol–water partition coefficient (Wildman–Crippen LogP) is 3.51. The van der Waals surface area contributed by atoms with Gasteiger partial charge >= 0.3 is 0 Å². The van der Waals surface area contributed by atoms with Gasteiger partial charge in [-0.3, -0.25) is 9.69 Å². The fraction of sp³-hybridized carbons (Fsp3) is 0.588. The summed E-state index contributed by atoms with van der Waals surface area (Å²) in [6, 6.07) is 2.12. The normalized spacial score (nSPS) is 18.9. The van der Waals surface area contributed by atoms with Crippen LogP contribution in [0, 0.1) is 6.92 Å². The molecule has 0 aromatic carbocycles. The predicted molar refractivity (Wildman–Crippen MR) is 94.2 cm³/mol. The first-order chi connectivity index (χ1) is 11.3. The molecule has 1 fully saturated rings. The molecule has 1 atom stereocenters. The molecule has 6 nitrogen and oxygen atoms in total. The molecule has 7 heteroatoms. The third kappa shape index (κ3) is 3.84. The number of aryl methyl sites for hydroxylation is 1. The number of amides is 1. The summed E-state index contributed by atoms with van der Waals surface area (Å²) < 4.78 is 5.17. The van der Waals surface area contributed by atoms with E-state index < -0.39 is 0 Å². The van der Waals surface area contributed by atoms with Crippen LogP contribution in [0.25, 0.3) is 0 Å². The van der Waals surface area contributed by atoms with Crippen LogP contribution >= 0.6 is 11.3 Å². The third-order valence-corrected chi connectivity index (χ3v) is 4.97. The lowest BCUT2D eigenvalue weighted by molar-refractivity contribution is -0.117. The van der Waals surface area contributed by atoms with Gasteiger partial charge in [0.15, 0.2) is 5.13 Å². The van der Waals surface area contributed by atoms with Crippen molar-refractivity contribution >= 4 is 22.4 Å². The lowest BCUT2D eigenvalue weighted by atomic mass is 9.93. The van der Waals surface area contributed by atoms with Gasteiger partial charge in [0.1, 0.15) is 11.5 Å². The van der Waals surface area contributed by atoms with E-state index in [1.807, 2.05) is 18.4 Å². The highest BCUT2D eigenvalue weighted by Crippen LogP contribution is 2.31. The topological polar surface area (TPSA) is 71.3 Å². The van der Waals surface area contributed by atoms with Crippen molar-refractivity contribution in [2.75, 3.05) is 18.4 Å². The molecule has 130 valence electrons. The van der Waals surface area contributed by atoms with Crippen LogP contribution < -0.4 is 5.32 Å². The minimum Gasteiger partial charge on any atom is -0.361 e. The van der Waals surface area contributed by atoms with E-state index >= 15 is 0 Å². The van der Waals surface area contributed by atoms with Crippen molar-refractivity contribution in [2.45, 2.75) is 52.0 Å². The van der Waals surface area contributed by atoms with Gasteiger partial charge in [-0.25, -0.2) is 4.98 Å². The fourth-order valence-electron chi connectivity index (χ4n) is 2.91. The molecule has 2 aromatic heterocycles. The molecule has 1 aliphatic rings. The van der Waals surface area contributed by atoms with Crippen LogP contribution in [0.4, 0.5) is 5.13 Å². The Morgan fingerprint density at radius 3 is 2.92 bits per heavy atom. The van der Waals surface area contributed by atoms with E-state index in [0.29, 0.717) is 11.7 Å². The zero-order valence-corrected chi connectivity index (χ0v) is 15.4. The van der Waals surface area contributed by atoms with E-state index in [-0.39, 0.29) is 17.4 Å². The van der Waals surface area contributed by atoms with Crippen molar-refractivity contribution in [3.05, 3.63) is 28.6 Å². The average molecular weight is 348 g/mol. The van der Waals surface area contributed by atoms with Gasteiger partial charge in [-0.1, -0.05) is 25.9 Å². The molecule has 1 aliphatic heterocycles. The number of carbonyl (C=O) groups is 1. The average Bonchev–Trinajstić information content (AvgIpc) is 3.18. The van der Waals surface area contributed by atoms with E-state index in [9.17, 15) is 4.79 Å². The van der Waals surface area contributed by atoms with Crippen molar-refractivity contribution in [2.24, 2.45) is 0 Å². The largest absolute Gasteiger partial charge is 0.361 e. The molecule has 0 radical (unpaired) electrons. The molecular weight excluding hydrogens is 324 g/mol. The van der Waals surface area contributed by atoms with Gasteiger partial charge < -0.3 is 9.84 Å². The van der Waals surface area contributed by atoms with E-state index in [2.05, 4.69) is 41.1 Å². The Labute approximate surface area is 146 Å². The van der Waals surface area contributed by atoms with Crippen LogP contribution in [0.3, 0.4) is 0 Å². The summed E-state index contributed by atoms with van der Waals surface area (Å²) in [5.41, 5.74) is 1.91. The molecule has 3 heterocycles. The maximum Gasteiger partial charge on any atom is 0.240 e. The first kappa shape index (κ1) is 17.1. The first-order valence-electron chi connectivity index (χ1n) is 8.26. The summed E-state index contributed by atoms with van der Waals surface area (Å²) in [4.78, 5) is 19.1.